The van der Waals surface area contributed by atoms with Gasteiger partial charge in [-0.3, -0.25) is 0 Å². The summed E-state index contributed by atoms with van der Waals surface area (Å²) in [5, 5.41) is 0. The van der Waals surface area contributed by atoms with Gasteiger partial charge in [0.2, 0.25) is 0 Å². The van der Waals surface area contributed by atoms with Crippen molar-refractivity contribution in [1.82, 2.24) is 4.90 Å². The highest BCUT2D eigenvalue weighted by Gasteiger charge is 2.43. The van der Waals surface area contributed by atoms with Crippen molar-refractivity contribution in [3.05, 3.63) is 0 Å². The average molecular weight is 198 g/mol. The van der Waals surface area contributed by atoms with Crippen molar-refractivity contribution in [3.63, 3.8) is 0 Å². The van der Waals surface area contributed by atoms with Crippen molar-refractivity contribution in [2.75, 3.05) is 13.1 Å². The Balaban J connectivity index is 2.03. The first kappa shape index (κ1) is 9.77. The number of cyclic esters (lactones) is 1. The molecule has 1 saturated heterocycles. The van der Waals surface area contributed by atoms with Gasteiger partial charge in [-0.05, 0) is 19.8 Å². The molecule has 1 amide bonds. The maximum absolute atomic E-state index is 11.6. The molecule has 1 saturated carbocycles. The van der Waals surface area contributed by atoms with Gasteiger partial charge in [-0.2, -0.15) is 0 Å². The molecule has 2 rings (SSSR count). The van der Waals surface area contributed by atoms with Gasteiger partial charge in [-0.1, -0.05) is 12.8 Å². The first-order chi connectivity index (χ1) is 6.64. The van der Waals surface area contributed by atoms with Gasteiger partial charge in [-0.25, -0.2) is 4.79 Å². The normalized spacial score (nSPS) is 33.9. The molecule has 1 heterocycles. The summed E-state index contributed by atoms with van der Waals surface area (Å²) in [5.41, 5.74) is 5.13. The van der Waals surface area contributed by atoms with Gasteiger partial charge in [-0.15, -0.1) is 0 Å². The summed E-state index contributed by atoms with van der Waals surface area (Å²) >= 11 is 0. The van der Waals surface area contributed by atoms with Gasteiger partial charge >= 0.3 is 6.09 Å². The monoisotopic (exact) mass is 198 g/mol. The summed E-state index contributed by atoms with van der Waals surface area (Å²) in [6, 6.07) is 0.399. The fourth-order valence-electron chi connectivity index (χ4n) is 2.33. The van der Waals surface area contributed by atoms with Crippen molar-refractivity contribution in [3.8, 4) is 0 Å². The van der Waals surface area contributed by atoms with Crippen LogP contribution < -0.4 is 5.73 Å². The Labute approximate surface area is 84.4 Å². The maximum Gasteiger partial charge on any atom is 0.410 e. The van der Waals surface area contributed by atoms with Crippen LogP contribution in [0, 0.1) is 0 Å². The van der Waals surface area contributed by atoms with Crippen LogP contribution in [0.15, 0.2) is 0 Å². The fraction of sp³-hybridized carbons (Fsp3) is 0.900. The largest absolute Gasteiger partial charge is 0.440 e. The summed E-state index contributed by atoms with van der Waals surface area (Å²) in [6.45, 7) is 2.97. The van der Waals surface area contributed by atoms with Gasteiger partial charge in [0, 0.05) is 12.6 Å². The van der Waals surface area contributed by atoms with Crippen molar-refractivity contribution in [2.24, 2.45) is 5.73 Å². The van der Waals surface area contributed by atoms with E-state index in [0.29, 0.717) is 19.1 Å². The molecule has 0 aromatic carbocycles. The Morgan fingerprint density at radius 2 is 2.21 bits per heavy atom. The van der Waals surface area contributed by atoms with Gasteiger partial charge in [0.1, 0.15) is 5.60 Å². The van der Waals surface area contributed by atoms with Crippen molar-refractivity contribution in [2.45, 2.75) is 44.2 Å². The third kappa shape index (κ3) is 1.59. The lowest BCUT2D eigenvalue weighted by Crippen LogP contribution is -2.41. The molecule has 0 radical (unpaired) electrons. The van der Waals surface area contributed by atoms with E-state index in [1.807, 2.05) is 11.8 Å². The van der Waals surface area contributed by atoms with Crippen molar-refractivity contribution in [1.29, 1.82) is 0 Å². The quantitative estimate of drug-likeness (QED) is 0.722. The molecule has 14 heavy (non-hydrogen) atoms. The highest BCUT2D eigenvalue weighted by molar-refractivity contribution is 5.71. The lowest BCUT2D eigenvalue weighted by molar-refractivity contribution is 0.0779. The van der Waals surface area contributed by atoms with Gasteiger partial charge < -0.3 is 15.4 Å². The number of carbonyl (C=O) groups excluding carboxylic acids is 1. The van der Waals surface area contributed by atoms with Crippen LogP contribution in [-0.4, -0.2) is 35.7 Å². The molecule has 1 atom stereocenters. The molecule has 2 fully saturated rings. The SMILES string of the molecule is CC1(CN)CN(C2CCCC2)C(=O)O1. The molecule has 0 spiro atoms. The summed E-state index contributed by atoms with van der Waals surface area (Å²) in [7, 11) is 0. The van der Waals surface area contributed by atoms with Crippen molar-refractivity contribution >= 4 is 6.09 Å². The molecule has 80 valence electrons. The zero-order valence-electron chi connectivity index (χ0n) is 8.66. The Hall–Kier alpha value is -0.770. The van der Waals surface area contributed by atoms with E-state index in [1.54, 1.807) is 0 Å². The predicted octanol–water partition coefficient (Wildman–Crippen LogP) is 1.10. The number of nitrogens with two attached hydrogens (primary N) is 1. The first-order valence-corrected chi connectivity index (χ1v) is 5.34. The minimum Gasteiger partial charge on any atom is -0.440 e. The molecule has 0 aromatic rings. The van der Waals surface area contributed by atoms with Crippen LogP contribution in [0.1, 0.15) is 32.6 Å². The van der Waals surface area contributed by atoms with Crippen LogP contribution in [0.4, 0.5) is 4.79 Å². The highest BCUT2D eigenvalue weighted by atomic mass is 16.6. The number of rotatable bonds is 2. The molecule has 2 N–H and O–H groups in total. The molecule has 1 aliphatic heterocycles. The van der Waals surface area contributed by atoms with Gasteiger partial charge in [0.15, 0.2) is 0 Å². The van der Waals surface area contributed by atoms with Crippen molar-refractivity contribution < 1.29 is 9.53 Å². The number of hydrogen-bond acceptors (Lipinski definition) is 3. The Kier molecular flexibility index (Phi) is 2.39. The van der Waals surface area contributed by atoms with E-state index in [1.165, 1.54) is 12.8 Å². The highest BCUT2D eigenvalue weighted by Crippen LogP contribution is 2.30. The minimum atomic E-state index is -0.459. The second-order valence-corrected chi connectivity index (χ2v) is 4.59. The van der Waals surface area contributed by atoms with Gasteiger partial charge in [0.25, 0.3) is 0 Å². The average Bonchev–Trinajstić information content (AvgIpc) is 2.74. The van der Waals surface area contributed by atoms with Gasteiger partial charge in [0.05, 0.1) is 6.54 Å². The molecule has 2 aliphatic rings. The smallest absolute Gasteiger partial charge is 0.410 e. The summed E-state index contributed by atoms with van der Waals surface area (Å²) in [6.07, 6.45) is 4.53. The number of nitrogens with zero attached hydrogens (tertiary/aromatic N) is 1. The van der Waals surface area contributed by atoms with Crippen LogP contribution in [0.25, 0.3) is 0 Å². The molecule has 1 aliphatic carbocycles. The molecular formula is C10H18N2O2. The number of ether oxygens (including phenoxy) is 1. The van der Waals surface area contributed by atoms with E-state index in [9.17, 15) is 4.79 Å². The predicted molar refractivity (Wildman–Crippen MR) is 52.9 cm³/mol. The third-order valence-corrected chi connectivity index (χ3v) is 3.27. The fourth-order valence-corrected chi connectivity index (χ4v) is 2.33. The lowest BCUT2D eigenvalue weighted by atomic mass is 10.1. The molecule has 0 aromatic heterocycles. The van der Waals surface area contributed by atoms with Crippen LogP contribution in [-0.2, 0) is 4.74 Å². The Bertz CT molecular complexity index is 238. The molecular weight excluding hydrogens is 180 g/mol. The zero-order valence-corrected chi connectivity index (χ0v) is 8.66. The standard InChI is InChI=1S/C10H18N2O2/c1-10(6-11)7-12(9(13)14-10)8-4-2-3-5-8/h8H,2-7,11H2,1H3. The minimum absolute atomic E-state index is 0.176. The van der Waals surface area contributed by atoms with Crippen LogP contribution in [0.5, 0.6) is 0 Å². The van der Waals surface area contributed by atoms with E-state index in [4.69, 9.17) is 10.5 Å². The van der Waals surface area contributed by atoms with Crippen LogP contribution in [0.3, 0.4) is 0 Å². The zero-order chi connectivity index (χ0) is 10.2. The van der Waals surface area contributed by atoms with E-state index < -0.39 is 5.60 Å². The number of carbonyl (C=O) groups is 1. The summed E-state index contributed by atoms with van der Waals surface area (Å²) in [5.74, 6) is 0. The number of hydrogen-bond donors (Lipinski definition) is 1. The maximum atomic E-state index is 11.6. The third-order valence-electron chi connectivity index (χ3n) is 3.27. The van der Waals surface area contributed by atoms with E-state index >= 15 is 0 Å². The number of amides is 1. The second-order valence-electron chi connectivity index (χ2n) is 4.59. The summed E-state index contributed by atoms with van der Waals surface area (Å²) < 4.78 is 5.28. The van der Waals surface area contributed by atoms with Crippen LogP contribution >= 0.6 is 0 Å². The molecule has 1 unspecified atom stereocenters. The molecule has 4 nitrogen and oxygen atoms in total. The summed E-state index contributed by atoms with van der Waals surface area (Å²) in [4.78, 5) is 13.4. The van der Waals surface area contributed by atoms with E-state index in [2.05, 4.69) is 0 Å². The second kappa shape index (κ2) is 3.42. The topological polar surface area (TPSA) is 55.6 Å². The Morgan fingerprint density at radius 1 is 1.57 bits per heavy atom. The van der Waals surface area contributed by atoms with E-state index in [-0.39, 0.29) is 6.09 Å². The first-order valence-electron chi connectivity index (χ1n) is 5.34. The van der Waals surface area contributed by atoms with E-state index in [0.717, 1.165) is 12.8 Å². The van der Waals surface area contributed by atoms with Crippen LogP contribution in [0.2, 0.25) is 0 Å². The molecule has 4 heteroatoms. The molecule has 0 bridgehead atoms. The lowest BCUT2D eigenvalue weighted by Gasteiger charge is -2.22. The Morgan fingerprint density at radius 3 is 2.71 bits per heavy atom.